The fraction of sp³-hybridized carbons (Fsp3) is 0.211. The molecule has 0 amide bonds. The Hall–Kier alpha value is -2.30. The van der Waals surface area contributed by atoms with Crippen LogP contribution in [0.2, 0.25) is 0 Å². The van der Waals surface area contributed by atoms with Crippen LogP contribution in [0, 0.1) is 0 Å². The molecule has 0 saturated heterocycles. The Balaban J connectivity index is 0.00000208. The first-order valence-corrected chi connectivity index (χ1v) is 7.58. The molecule has 0 aliphatic carbocycles. The average Bonchev–Trinajstić information content (AvgIpc) is 2.96. The van der Waals surface area contributed by atoms with Gasteiger partial charge in [0.25, 0.3) is 0 Å². The van der Waals surface area contributed by atoms with Crippen molar-refractivity contribution in [2.45, 2.75) is 6.54 Å². The Labute approximate surface area is 148 Å². The number of benzene rings is 2. The van der Waals surface area contributed by atoms with Gasteiger partial charge >= 0.3 is 0 Å². The number of rotatable bonds is 6. The monoisotopic (exact) mass is 343 g/mol. The second kappa shape index (κ2) is 8.52. The maximum atomic E-state index is 5.22. The number of hydrogen-bond acceptors (Lipinski definition) is 3. The van der Waals surface area contributed by atoms with E-state index < -0.39 is 0 Å². The second-order valence-electron chi connectivity index (χ2n) is 5.21. The van der Waals surface area contributed by atoms with E-state index in [2.05, 4.69) is 16.7 Å². The van der Waals surface area contributed by atoms with Gasteiger partial charge in [0.05, 0.1) is 24.8 Å². The minimum absolute atomic E-state index is 0. The van der Waals surface area contributed by atoms with E-state index in [1.807, 2.05) is 48.5 Å². The van der Waals surface area contributed by atoms with Crippen molar-refractivity contribution in [3.8, 4) is 5.75 Å². The summed E-state index contributed by atoms with van der Waals surface area (Å²) in [4.78, 5) is 4.71. The van der Waals surface area contributed by atoms with Gasteiger partial charge in [0.1, 0.15) is 11.6 Å². The molecule has 4 nitrogen and oxygen atoms in total. The number of halogens is 1. The number of ether oxygens (including phenoxy) is 2. The van der Waals surface area contributed by atoms with Gasteiger partial charge in [-0.25, -0.2) is 4.98 Å². The van der Waals surface area contributed by atoms with Crippen LogP contribution in [0.5, 0.6) is 5.75 Å². The molecule has 0 atom stereocenters. The van der Waals surface area contributed by atoms with Crippen molar-refractivity contribution in [2.75, 3.05) is 20.8 Å². The molecule has 0 aliphatic rings. The van der Waals surface area contributed by atoms with E-state index >= 15 is 0 Å². The van der Waals surface area contributed by atoms with Crippen LogP contribution in [0.25, 0.3) is 23.2 Å². The molecule has 0 unspecified atom stereocenters. The third-order valence-electron chi connectivity index (χ3n) is 3.74. The summed E-state index contributed by atoms with van der Waals surface area (Å²) in [5.74, 6) is 1.79. The van der Waals surface area contributed by atoms with Gasteiger partial charge in [-0.3, -0.25) is 0 Å². The molecular weight excluding hydrogens is 324 g/mol. The maximum Gasteiger partial charge on any atom is 0.133 e. The molecule has 1 heterocycles. The van der Waals surface area contributed by atoms with E-state index in [0.717, 1.165) is 34.7 Å². The Morgan fingerprint density at radius 2 is 1.75 bits per heavy atom. The minimum Gasteiger partial charge on any atom is -1.00 e. The topological polar surface area (TPSA) is 36.3 Å². The lowest BCUT2D eigenvalue weighted by atomic mass is 10.2. The quantitative estimate of drug-likeness (QED) is 0.666. The molecular formula is C19H20ClN2O2-. The van der Waals surface area contributed by atoms with Gasteiger partial charge in [-0.15, -0.1) is 0 Å². The van der Waals surface area contributed by atoms with Gasteiger partial charge in [-0.05, 0) is 35.9 Å². The van der Waals surface area contributed by atoms with Crippen LogP contribution in [0.3, 0.4) is 0 Å². The smallest absolute Gasteiger partial charge is 0.133 e. The fourth-order valence-corrected chi connectivity index (χ4v) is 2.52. The van der Waals surface area contributed by atoms with E-state index in [1.165, 1.54) is 0 Å². The van der Waals surface area contributed by atoms with Crippen molar-refractivity contribution in [3.63, 3.8) is 0 Å². The highest BCUT2D eigenvalue weighted by Gasteiger charge is 2.07. The van der Waals surface area contributed by atoms with E-state index in [9.17, 15) is 0 Å². The SMILES string of the molecule is COCCn1c(/C=C/c2ccc(OC)cc2)nc2ccccc21.[Cl-]. The first-order chi connectivity index (χ1) is 11.3. The molecule has 0 radical (unpaired) electrons. The predicted molar refractivity (Wildman–Crippen MR) is 93.5 cm³/mol. The molecule has 126 valence electrons. The van der Waals surface area contributed by atoms with Crippen LogP contribution in [-0.2, 0) is 11.3 Å². The zero-order valence-corrected chi connectivity index (χ0v) is 14.5. The summed E-state index contributed by atoms with van der Waals surface area (Å²) in [6.07, 6.45) is 4.10. The van der Waals surface area contributed by atoms with Gasteiger partial charge in [0.15, 0.2) is 0 Å². The molecule has 0 fully saturated rings. The maximum absolute atomic E-state index is 5.22. The lowest BCUT2D eigenvalue weighted by Gasteiger charge is -2.06. The van der Waals surface area contributed by atoms with E-state index in [1.54, 1.807) is 14.2 Å². The molecule has 0 spiro atoms. The molecule has 3 aromatic rings. The third-order valence-corrected chi connectivity index (χ3v) is 3.74. The molecule has 2 aromatic carbocycles. The highest BCUT2D eigenvalue weighted by Crippen LogP contribution is 2.19. The van der Waals surface area contributed by atoms with Crippen molar-refractivity contribution in [2.24, 2.45) is 0 Å². The predicted octanol–water partition coefficient (Wildman–Crippen LogP) is 0.866. The number of fused-ring (bicyclic) bond motifs is 1. The average molecular weight is 344 g/mol. The Morgan fingerprint density at radius 3 is 2.46 bits per heavy atom. The van der Waals surface area contributed by atoms with Crippen LogP contribution in [0.1, 0.15) is 11.4 Å². The first kappa shape index (κ1) is 18.0. The summed E-state index contributed by atoms with van der Waals surface area (Å²) < 4.78 is 12.6. The van der Waals surface area contributed by atoms with Crippen molar-refractivity contribution >= 4 is 23.2 Å². The molecule has 0 aliphatic heterocycles. The summed E-state index contributed by atoms with van der Waals surface area (Å²) >= 11 is 0. The van der Waals surface area contributed by atoms with E-state index in [4.69, 9.17) is 14.5 Å². The van der Waals surface area contributed by atoms with Crippen molar-refractivity contribution in [1.82, 2.24) is 9.55 Å². The molecule has 0 saturated carbocycles. The number of hydrogen-bond donors (Lipinski definition) is 0. The Kier molecular flexibility index (Phi) is 6.41. The number of nitrogens with zero attached hydrogens (tertiary/aromatic N) is 2. The van der Waals surface area contributed by atoms with Gasteiger partial charge in [-0.2, -0.15) is 0 Å². The fourth-order valence-electron chi connectivity index (χ4n) is 2.52. The van der Waals surface area contributed by atoms with Crippen molar-refractivity contribution in [1.29, 1.82) is 0 Å². The van der Waals surface area contributed by atoms with Crippen LogP contribution >= 0.6 is 0 Å². The van der Waals surface area contributed by atoms with E-state index in [-0.39, 0.29) is 12.4 Å². The number of methoxy groups -OCH3 is 2. The van der Waals surface area contributed by atoms with Gasteiger partial charge < -0.3 is 26.4 Å². The van der Waals surface area contributed by atoms with Gasteiger partial charge in [-0.1, -0.05) is 30.3 Å². The zero-order valence-electron chi connectivity index (χ0n) is 13.8. The molecule has 5 heteroatoms. The molecule has 0 N–H and O–H groups in total. The van der Waals surface area contributed by atoms with E-state index in [0.29, 0.717) is 6.61 Å². The zero-order chi connectivity index (χ0) is 16.1. The van der Waals surface area contributed by atoms with Crippen molar-refractivity contribution in [3.05, 3.63) is 59.9 Å². The van der Waals surface area contributed by atoms with Crippen LogP contribution in [0.15, 0.2) is 48.5 Å². The number of para-hydroxylation sites is 2. The summed E-state index contributed by atoms with van der Waals surface area (Å²) in [5.41, 5.74) is 3.23. The molecule has 0 bridgehead atoms. The standard InChI is InChI=1S/C19H20N2O2.ClH/c1-22-14-13-21-18-6-4-3-5-17(18)20-19(21)12-9-15-7-10-16(23-2)11-8-15;/h3-12H,13-14H2,1-2H3;1H/p-1/b12-9+;. The Bertz CT molecular complexity index is 810. The molecule has 24 heavy (non-hydrogen) atoms. The summed E-state index contributed by atoms with van der Waals surface area (Å²) in [7, 11) is 3.38. The number of imidazole rings is 1. The summed E-state index contributed by atoms with van der Waals surface area (Å²) in [6.45, 7) is 1.43. The first-order valence-electron chi connectivity index (χ1n) is 7.58. The summed E-state index contributed by atoms with van der Waals surface area (Å²) in [6, 6.07) is 16.1. The van der Waals surface area contributed by atoms with Crippen LogP contribution in [-0.4, -0.2) is 30.4 Å². The lowest BCUT2D eigenvalue weighted by molar-refractivity contribution is -0.00000529. The summed E-state index contributed by atoms with van der Waals surface area (Å²) in [5, 5.41) is 0. The van der Waals surface area contributed by atoms with Crippen molar-refractivity contribution < 1.29 is 21.9 Å². The largest absolute Gasteiger partial charge is 1.00 e. The normalized spacial score (nSPS) is 10.9. The van der Waals surface area contributed by atoms with Gasteiger partial charge in [0, 0.05) is 13.7 Å². The van der Waals surface area contributed by atoms with Crippen LogP contribution < -0.4 is 17.1 Å². The highest BCUT2D eigenvalue weighted by atomic mass is 35.5. The highest BCUT2D eigenvalue weighted by molar-refractivity contribution is 5.79. The third kappa shape index (κ3) is 3.96. The molecule has 3 rings (SSSR count). The Morgan fingerprint density at radius 1 is 1.00 bits per heavy atom. The minimum atomic E-state index is 0. The molecule has 1 aromatic heterocycles. The second-order valence-corrected chi connectivity index (χ2v) is 5.21. The van der Waals surface area contributed by atoms with Crippen LogP contribution in [0.4, 0.5) is 0 Å². The number of aromatic nitrogens is 2. The van der Waals surface area contributed by atoms with Gasteiger partial charge in [0.2, 0.25) is 0 Å². The lowest BCUT2D eigenvalue weighted by Crippen LogP contribution is -3.00.